The molecule has 0 amide bonds. The maximum atomic E-state index is 6.12. The number of hydrogen-bond acceptors (Lipinski definition) is 1. The van der Waals surface area contributed by atoms with Crippen molar-refractivity contribution in [2.24, 2.45) is 0 Å². The zero-order valence-electron chi connectivity index (χ0n) is 9.09. The van der Waals surface area contributed by atoms with Crippen LogP contribution in [0.25, 0.3) is 0 Å². The van der Waals surface area contributed by atoms with Crippen molar-refractivity contribution in [1.29, 1.82) is 0 Å². The predicted octanol–water partition coefficient (Wildman–Crippen LogP) is 3.83. The van der Waals surface area contributed by atoms with E-state index < -0.39 is 0 Å². The molecule has 0 N–H and O–H groups in total. The minimum Gasteiger partial charge on any atom is -0.383 e. The van der Waals surface area contributed by atoms with Crippen molar-refractivity contribution in [3.8, 4) is 0 Å². The summed E-state index contributed by atoms with van der Waals surface area (Å²) in [7, 11) is 1.66. The summed E-state index contributed by atoms with van der Waals surface area (Å²) >= 11 is 12.2. The van der Waals surface area contributed by atoms with Gasteiger partial charge in [-0.3, -0.25) is 0 Å². The fraction of sp³-hybridized carbons (Fsp3) is 0.500. The summed E-state index contributed by atoms with van der Waals surface area (Å²) in [6.07, 6.45) is 1.79. The Balaban J connectivity index is 2.50. The van der Waals surface area contributed by atoms with Crippen LogP contribution in [0.5, 0.6) is 0 Å². The van der Waals surface area contributed by atoms with Crippen LogP contribution in [-0.2, 0) is 11.2 Å². The average Bonchev–Trinajstić information content (AvgIpc) is 2.17. The van der Waals surface area contributed by atoms with Crippen LogP contribution in [0.2, 0.25) is 5.02 Å². The van der Waals surface area contributed by atoms with E-state index in [4.69, 9.17) is 27.9 Å². The van der Waals surface area contributed by atoms with Gasteiger partial charge in [-0.15, -0.1) is 11.6 Å². The second kappa shape index (κ2) is 6.37. The van der Waals surface area contributed by atoms with Crippen LogP contribution in [0.3, 0.4) is 0 Å². The van der Waals surface area contributed by atoms with E-state index in [1.54, 1.807) is 7.11 Å². The molecule has 1 rings (SSSR count). The molecule has 0 radical (unpaired) electrons. The molecular formula is C12H16Cl2O. The van der Waals surface area contributed by atoms with Gasteiger partial charge in [-0.2, -0.15) is 0 Å². The molecule has 0 aromatic heterocycles. The number of aryl methyl sites for hydroxylation is 2. The Morgan fingerprint density at radius 1 is 1.40 bits per heavy atom. The first kappa shape index (κ1) is 12.8. The lowest BCUT2D eigenvalue weighted by Gasteiger charge is -2.09. The fourth-order valence-electron chi connectivity index (χ4n) is 1.43. The van der Waals surface area contributed by atoms with Gasteiger partial charge >= 0.3 is 0 Å². The maximum absolute atomic E-state index is 6.12. The van der Waals surface area contributed by atoms with Gasteiger partial charge in [-0.05, 0) is 37.0 Å². The van der Waals surface area contributed by atoms with E-state index in [0.717, 1.165) is 23.4 Å². The van der Waals surface area contributed by atoms with E-state index in [2.05, 4.69) is 12.1 Å². The Labute approximate surface area is 101 Å². The van der Waals surface area contributed by atoms with Crippen molar-refractivity contribution in [3.05, 3.63) is 34.3 Å². The Morgan fingerprint density at radius 3 is 2.73 bits per heavy atom. The minimum atomic E-state index is 0.0624. The number of halogens is 2. The second-order valence-corrected chi connectivity index (χ2v) is 4.71. The molecule has 0 saturated carbocycles. The van der Waals surface area contributed by atoms with Gasteiger partial charge in [0.05, 0.1) is 12.0 Å². The molecule has 1 nitrogen and oxygen atoms in total. The maximum Gasteiger partial charge on any atom is 0.0626 e. The van der Waals surface area contributed by atoms with Gasteiger partial charge in [-0.25, -0.2) is 0 Å². The summed E-state index contributed by atoms with van der Waals surface area (Å²) in [4.78, 5) is 0. The van der Waals surface area contributed by atoms with Crippen molar-refractivity contribution in [2.75, 3.05) is 13.7 Å². The first-order chi connectivity index (χ1) is 7.13. The van der Waals surface area contributed by atoms with Gasteiger partial charge in [0, 0.05) is 12.1 Å². The molecule has 1 unspecified atom stereocenters. The predicted molar refractivity (Wildman–Crippen MR) is 66.0 cm³/mol. The molecule has 15 heavy (non-hydrogen) atoms. The summed E-state index contributed by atoms with van der Waals surface area (Å²) in [5.74, 6) is 0. The zero-order valence-corrected chi connectivity index (χ0v) is 10.6. The molecule has 0 aliphatic carbocycles. The lowest BCUT2D eigenvalue weighted by Crippen LogP contribution is -2.08. The van der Waals surface area contributed by atoms with Gasteiger partial charge in [-0.1, -0.05) is 23.7 Å². The molecule has 0 spiro atoms. The molecule has 1 aromatic carbocycles. The summed E-state index contributed by atoms with van der Waals surface area (Å²) in [5.41, 5.74) is 2.34. The number of hydrogen-bond donors (Lipinski definition) is 0. The summed E-state index contributed by atoms with van der Waals surface area (Å²) in [5, 5.41) is 0.892. The average molecular weight is 247 g/mol. The highest BCUT2D eigenvalue weighted by Gasteiger charge is 2.06. The largest absolute Gasteiger partial charge is 0.383 e. The van der Waals surface area contributed by atoms with Crippen LogP contribution in [0, 0.1) is 6.92 Å². The topological polar surface area (TPSA) is 9.23 Å². The SMILES string of the molecule is COCC(Cl)CCc1ccc(C)cc1Cl. The van der Waals surface area contributed by atoms with Crippen LogP contribution in [0.4, 0.5) is 0 Å². The third kappa shape index (κ3) is 4.42. The summed E-state index contributed by atoms with van der Waals surface area (Å²) in [6, 6.07) is 6.12. The molecule has 1 aromatic rings. The Bertz CT molecular complexity index is 312. The van der Waals surface area contributed by atoms with E-state index in [9.17, 15) is 0 Å². The highest BCUT2D eigenvalue weighted by molar-refractivity contribution is 6.31. The molecule has 0 saturated heterocycles. The monoisotopic (exact) mass is 246 g/mol. The molecule has 1 atom stereocenters. The second-order valence-electron chi connectivity index (χ2n) is 3.69. The van der Waals surface area contributed by atoms with E-state index >= 15 is 0 Å². The zero-order chi connectivity index (χ0) is 11.3. The Morgan fingerprint density at radius 2 is 2.13 bits per heavy atom. The fourth-order valence-corrected chi connectivity index (χ4v) is 2.00. The Hall–Kier alpha value is -0.240. The van der Waals surface area contributed by atoms with Crippen LogP contribution in [-0.4, -0.2) is 19.1 Å². The molecule has 0 fully saturated rings. The highest BCUT2D eigenvalue weighted by atomic mass is 35.5. The minimum absolute atomic E-state index is 0.0624. The van der Waals surface area contributed by atoms with Gasteiger partial charge in [0.25, 0.3) is 0 Å². The number of ether oxygens (including phenoxy) is 1. The van der Waals surface area contributed by atoms with Crippen molar-refractivity contribution < 1.29 is 4.74 Å². The van der Waals surface area contributed by atoms with Crippen molar-refractivity contribution in [2.45, 2.75) is 25.1 Å². The van der Waals surface area contributed by atoms with Gasteiger partial charge in [0.1, 0.15) is 0 Å². The first-order valence-electron chi connectivity index (χ1n) is 5.01. The lowest BCUT2D eigenvalue weighted by molar-refractivity contribution is 0.195. The van der Waals surface area contributed by atoms with Gasteiger partial charge in [0.15, 0.2) is 0 Å². The van der Waals surface area contributed by atoms with E-state index in [-0.39, 0.29) is 5.38 Å². The Kier molecular flexibility index (Phi) is 5.44. The van der Waals surface area contributed by atoms with Crippen LogP contribution in [0.15, 0.2) is 18.2 Å². The van der Waals surface area contributed by atoms with Crippen molar-refractivity contribution in [3.63, 3.8) is 0 Å². The molecule has 3 heteroatoms. The smallest absolute Gasteiger partial charge is 0.0626 e. The number of alkyl halides is 1. The normalized spacial score (nSPS) is 12.8. The number of methoxy groups -OCH3 is 1. The number of rotatable bonds is 5. The quantitative estimate of drug-likeness (QED) is 0.718. The van der Waals surface area contributed by atoms with E-state index in [1.807, 2.05) is 13.0 Å². The highest BCUT2D eigenvalue weighted by Crippen LogP contribution is 2.20. The third-order valence-electron chi connectivity index (χ3n) is 2.28. The number of benzene rings is 1. The molecular weight excluding hydrogens is 231 g/mol. The summed E-state index contributed by atoms with van der Waals surface area (Å²) < 4.78 is 4.98. The van der Waals surface area contributed by atoms with Crippen LogP contribution in [0.1, 0.15) is 17.5 Å². The van der Waals surface area contributed by atoms with E-state index in [1.165, 1.54) is 5.56 Å². The van der Waals surface area contributed by atoms with Crippen molar-refractivity contribution >= 4 is 23.2 Å². The molecule has 0 aliphatic rings. The molecule has 84 valence electrons. The summed E-state index contributed by atoms with van der Waals surface area (Å²) in [6.45, 7) is 2.62. The molecule has 0 aliphatic heterocycles. The lowest BCUT2D eigenvalue weighted by atomic mass is 10.1. The van der Waals surface area contributed by atoms with E-state index in [0.29, 0.717) is 6.61 Å². The van der Waals surface area contributed by atoms with Crippen LogP contribution < -0.4 is 0 Å². The third-order valence-corrected chi connectivity index (χ3v) is 2.98. The standard InChI is InChI=1S/C12H16Cl2O/c1-9-3-4-10(12(14)7-9)5-6-11(13)8-15-2/h3-4,7,11H,5-6,8H2,1-2H3. The van der Waals surface area contributed by atoms with Crippen LogP contribution >= 0.6 is 23.2 Å². The van der Waals surface area contributed by atoms with Gasteiger partial charge < -0.3 is 4.74 Å². The molecule has 0 heterocycles. The first-order valence-corrected chi connectivity index (χ1v) is 5.83. The molecule has 0 bridgehead atoms. The van der Waals surface area contributed by atoms with Crippen molar-refractivity contribution in [1.82, 2.24) is 0 Å². The van der Waals surface area contributed by atoms with Gasteiger partial charge in [0.2, 0.25) is 0 Å².